The van der Waals surface area contributed by atoms with Crippen LogP contribution in [0.4, 0.5) is 5.69 Å². The summed E-state index contributed by atoms with van der Waals surface area (Å²) in [6, 6.07) is 7.70. The van der Waals surface area contributed by atoms with E-state index >= 15 is 0 Å². The Morgan fingerprint density at radius 3 is 1.81 bits per heavy atom. The van der Waals surface area contributed by atoms with Gasteiger partial charge in [-0.25, -0.2) is 0 Å². The molecular formula is C23H37NO2. The largest absolute Gasteiger partial charge is 0.274 e. The number of aryl methyl sites for hydroxylation is 1. The Kier molecular flexibility index (Phi) is 10.9. The van der Waals surface area contributed by atoms with Crippen LogP contribution in [0.1, 0.15) is 91.0 Å². The molecule has 0 radical (unpaired) electrons. The van der Waals surface area contributed by atoms with Crippen LogP contribution >= 0.6 is 0 Å². The van der Waals surface area contributed by atoms with Gasteiger partial charge in [-0.2, -0.15) is 0 Å². The molecule has 3 heteroatoms. The quantitative estimate of drug-likeness (QED) is 0.383. The molecule has 0 N–H and O–H groups in total. The molecule has 1 atom stereocenters. The molecule has 1 aromatic carbocycles. The molecule has 0 spiro atoms. The number of rotatable bonds is 9. The summed E-state index contributed by atoms with van der Waals surface area (Å²) in [6.45, 7) is 8.45. The highest BCUT2D eigenvalue weighted by Gasteiger charge is 2.36. The maximum absolute atomic E-state index is 11.8. The van der Waals surface area contributed by atoms with Gasteiger partial charge < -0.3 is 0 Å². The fourth-order valence-corrected chi connectivity index (χ4v) is 3.19. The van der Waals surface area contributed by atoms with Crippen LogP contribution in [-0.4, -0.2) is 11.8 Å². The fourth-order valence-electron chi connectivity index (χ4n) is 3.19. The van der Waals surface area contributed by atoms with E-state index in [2.05, 4.69) is 20.8 Å². The highest BCUT2D eigenvalue weighted by molar-refractivity contribution is 6.20. The first-order valence-electron chi connectivity index (χ1n) is 10.5. The number of hydrogen-bond donors (Lipinski definition) is 0. The average molecular weight is 360 g/mol. The maximum atomic E-state index is 11.8. The van der Waals surface area contributed by atoms with Gasteiger partial charge in [0.15, 0.2) is 0 Å². The fraction of sp³-hybridized carbons (Fsp3) is 0.652. The summed E-state index contributed by atoms with van der Waals surface area (Å²) in [5.41, 5.74) is 1.94. The van der Waals surface area contributed by atoms with Gasteiger partial charge in [-0.15, -0.1) is 0 Å². The van der Waals surface area contributed by atoms with E-state index < -0.39 is 0 Å². The molecule has 2 rings (SSSR count). The van der Waals surface area contributed by atoms with Crippen LogP contribution in [0.15, 0.2) is 24.3 Å². The summed E-state index contributed by atoms with van der Waals surface area (Å²) in [5.74, 6) is -0.359. The van der Waals surface area contributed by atoms with Crippen LogP contribution in [-0.2, 0) is 16.0 Å². The van der Waals surface area contributed by atoms with E-state index in [4.69, 9.17) is 0 Å². The Hall–Kier alpha value is -1.64. The molecule has 1 unspecified atom stereocenters. The van der Waals surface area contributed by atoms with E-state index in [0.717, 1.165) is 12.8 Å². The first kappa shape index (κ1) is 22.4. The number of benzene rings is 1. The Morgan fingerprint density at radius 2 is 1.38 bits per heavy atom. The van der Waals surface area contributed by atoms with E-state index in [9.17, 15) is 9.59 Å². The van der Waals surface area contributed by atoms with Gasteiger partial charge in [0.1, 0.15) is 0 Å². The predicted molar refractivity (Wildman–Crippen MR) is 110 cm³/mol. The van der Waals surface area contributed by atoms with Crippen molar-refractivity contribution < 1.29 is 9.59 Å². The third-order valence-electron chi connectivity index (χ3n) is 4.81. The van der Waals surface area contributed by atoms with Crippen molar-refractivity contribution in [2.75, 3.05) is 4.90 Å². The minimum atomic E-state index is -0.183. The minimum Gasteiger partial charge on any atom is -0.274 e. The van der Waals surface area contributed by atoms with Gasteiger partial charge in [0.05, 0.1) is 5.69 Å². The zero-order valence-electron chi connectivity index (χ0n) is 17.2. The molecule has 26 heavy (non-hydrogen) atoms. The summed E-state index contributed by atoms with van der Waals surface area (Å²) < 4.78 is 0. The van der Waals surface area contributed by atoms with Gasteiger partial charge in [0, 0.05) is 12.3 Å². The highest BCUT2D eigenvalue weighted by Crippen LogP contribution is 2.26. The van der Waals surface area contributed by atoms with Gasteiger partial charge in [-0.3, -0.25) is 14.5 Å². The number of carbonyl (C=O) groups excluding carboxylic acids is 2. The standard InChI is InChI=1S/C14H17NO2.C9H20/c1-3-4-11-5-7-12(8-6-11)15-13(16)9-10(2)14(15)17;1-3-5-7-9-8-6-4-2/h5-8,10H,3-4,9H2,1-2H3;3-9H2,1-2H3. The smallest absolute Gasteiger partial charge is 0.237 e. The molecule has 0 saturated carbocycles. The van der Waals surface area contributed by atoms with Gasteiger partial charge >= 0.3 is 0 Å². The van der Waals surface area contributed by atoms with Crippen molar-refractivity contribution >= 4 is 17.5 Å². The Bertz CT molecular complexity index is 530. The Balaban J connectivity index is 0.000000321. The maximum Gasteiger partial charge on any atom is 0.237 e. The average Bonchev–Trinajstić information content (AvgIpc) is 2.89. The molecule has 1 aliphatic rings. The van der Waals surface area contributed by atoms with Crippen molar-refractivity contribution in [3.05, 3.63) is 29.8 Å². The zero-order chi connectivity index (χ0) is 19.4. The summed E-state index contributed by atoms with van der Waals surface area (Å²) in [4.78, 5) is 24.8. The molecule has 1 heterocycles. The van der Waals surface area contributed by atoms with Crippen LogP contribution in [0.3, 0.4) is 0 Å². The second-order valence-corrected chi connectivity index (χ2v) is 7.36. The Morgan fingerprint density at radius 1 is 0.846 bits per heavy atom. The number of anilines is 1. The van der Waals surface area contributed by atoms with Crippen molar-refractivity contribution in [2.45, 2.75) is 91.9 Å². The molecule has 1 aromatic rings. The van der Waals surface area contributed by atoms with Crippen molar-refractivity contribution in [2.24, 2.45) is 5.92 Å². The lowest BCUT2D eigenvalue weighted by Crippen LogP contribution is -2.29. The number of amides is 2. The lowest BCUT2D eigenvalue weighted by molar-refractivity contribution is -0.122. The van der Waals surface area contributed by atoms with E-state index in [1.54, 1.807) is 6.92 Å². The second kappa shape index (κ2) is 12.7. The third-order valence-corrected chi connectivity index (χ3v) is 4.81. The SMILES string of the molecule is CCCCCCCCC.CCCc1ccc(N2C(=O)CC(C)C2=O)cc1. The van der Waals surface area contributed by atoms with Crippen LogP contribution < -0.4 is 4.90 Å². The van der Waals surface area contributed by atoms with E-state index in [-0.39, 0.29) is 17.7 Å². The van der Waals surface area contributed by atoms with Crippen LogP contribution in [0.2, 0.25) is 0 Å². The number of unbranched alkanes of at least 4 members (excludes halogenated alkanes) is 6. The molecule has 1 saturated heterocycles. The van der Waals surface area contributed by atoms with Gasteiger partial charge in [0.25, 0.3) is 0 Å². The normalized spacial score (nSPS) is 16.6. The van der Waals surface area contributed by atoms with Crippen LogP contribution in [0.25, 0.3) is 0 Å². The van der Waals surface area contributed by atoms with Gasteiger partial charge in [-0.05, 0) is 24.1 Å². The van der Waals surface area contributed by atoms with Gasteiger partial charge in [-0.1, -0.05) is 91.2 Å². The van der Waals surface area contributed by atoms with E-state index in [1.807, 2.05) is 24.3 Å². The molecule has 0 aliphatic carbocycles. The molecule has 146 valence electrons. The highest BCUT2D eigenvalue weighted by atomic mass is 16.2. The Labute approximate surface area is 160 Å². The summed E-state index contributed by atoms with van der Waals surface area (Å²) in [6.07, 6.45) is 12.4. The molecule has 1 fully saturated rings. The van der Waals surface area contributed by atoms with Crippen molar-refractivity contribution in [1.29, 1.82) is 0 Å². The lowest BCUT2D eigenvalue weighted by Gasteiger charge is -2.14. The number of imide groups is 1. The second-order valence-electron chi connectivity index (χ2n) is 7.36. The molecule has 1 aliphatic heterocycles. The van der Waals surface area contributed by atoms with Crippen LogP contribution in [0.5, 0.6) is 0 Å². The summed E-state index contributed by atoms with van der Waals surface area (Å²) in [5, 5.41) is 0. The van der Waals surface area contributed by atoms with E-state index in [1.165, 1.54) is 55.4 Å². The van der Waals surface area contributed by atoms with Crippen molar-refractivity contribution in [1.82, 2.24) is 0 Å². The lowest BCUT2D eigenvalue weighted by atomic mass is 10.1. The monoisotopic (exact) mass is 359 g/mol. The van der Waals surface area contributed by atoms with E-state index in [0.29, 0.717) is 12.1 Å². The zero-order valence-corrected chi connectivity index (χ0v) is 17.2. The van der Waals surface area contributed by atoms with Crippen molar-refractivity contribution in [3.8, 4) is 0 Å². The minimum absolute atomic E-state index is 0.0850. The summed E-state index contributed by atoms with van der Waals surface area (Å²) in [7, 11) is 0. The first-order valence-corrected chi connectivity index (χ1v) is 10.5. The predicted octanol–water partition coefficient (Wildman–Crippen LogP) is 6.30. The van der Waals surface area contributed by atoms with Crippen LogP contribution in [0, 0.1) is 5.92 Å². The molecular weight excluding hydrogens is 322 g/mol. The van der Waals surface area contributed by atoms with Crippen molar-refractivity contribution in [3.63, 3.8) is 0 Å². The summed E-state index contributed by atoms with van der Waals surface area (Å²) >= 11 is 0. The number of hydrogen-bond acceptors (Lipinski definition) is 2. The number of nitrogens with zero attached hydrogens (tertiary/aromatic N) is 1. The molecule has 0 bridgehead atoms. The molecule has 2 amide bonds. The first-order chi connectivity index (χ1) is 12.5. The topological polar surface area (TPSA) is 37.4 Å². The van der Waals surface area contributed by atoms with Gasteiger partial charge in [0.2, 0.25) is 11.8 Å². The molecule has 3 nitrogen and oxygen atoms in total. The molecule has 0 aromatic heterocycles. The third kappa shape index (κ3) is 7.31. The number of carbonyl (C=O) groups is 2.